The number of likely N-dealkylation sites (tertiary alicyclic amines) is 2. The maximum Gasteiger partial charge on any atom is 0.191 e. The first-order valence-corrected chi connectivity index (χ1v) is 11.8. The van der Waals surface area contributed by atoms with Crippen LogP contribution in [0, 0.1) is 5.92 Å². The molecule has 7 heteroatoms. The van der Waals surface area contributed by atoms with Crippen molar-refractivity contribution in [2.75, 3.05) is 60.5 Å². The van der Waals surface area contributed by atoms with Crippen molar-refractivity contribution < 1.29 is 9.47 Å². The van der Waals surface area contributed by atoms with Gasteiger partial charge in [-0.25, -0.2) is 0 Å². The lowest BCUT2D eigenvalue weighted by molar-refractivity contribution is 0.187. The zero-order valence-corrected chi connectivity index (χ0v) is 19.8. The third kappa shape index (κ3) is 7.28. The molecule has 0 bridgehead atoms. The van der Waals surface area contributed by atoms with E-state index < -0.39 is 0 Å². The van der Waals surface area contributed by atoms with Gasteiger partial charge in [0, 0.05) is 45.3 Å². The molecule has 174 valence electrons. The third-order valence-corrected chi connectivity index (χ3v) is 6.65. The summed E-state index contributed by atoms with van der Waals surface area (Å²) in [6.07, 6.45) is 5.01. The molecule has 0 amide bonds. The van der Waals surface area contributed by atoms with Crippen molar-refractivity contribution in [3.8, 4) is 11.5 Å². The molecular weight excluding hydrogens is 390 g/mol. The number of hydrogen-bond acceptors (Lipinski definition) is 5. The number of aliphatic imine (C=N–C) groups is 1. The van der Waals surface area contributed by atoms with Gasteiger partial charge in [-0.3, -0.25) is 9.89 Å². The molecule has 1 atom stereocenters. The van der Waals surface area contributed by atoms with Crippen LogP contribution >= 0.6 is 0 Å². The fourth-order valence-corrected chi connectivity index (χ4v) is 4.68. The van der Waals surface area contributed by atoms with E-state index in [1.807, 2.05) is 13.1 Å². The highest BCUT2D eigenvalue weighted by molar-refractivity contribution is 5.80. The lowest BCUT2D eigenvalue weighted by Crippen LogP contribution is -2.45. The van der Waals surface area contributed by atoms with E-state index in [1.165, 1.54) is 44.5 Å². The van der Waals surface area contributed by atoms with E-state index in [-0.39, 0.29) is 0 Å². The summed E-state index contributed by atoms with van der Waals surface area (Å²) >= 11 is 0. The molecule has 2 aliphatic rings. The molecule has 2 N–H and O–H groups in total. The van der Waals surface area contributed by atoms with Crippen LogP contribution in [-0.4, -0.2) is 82.3 Å². The fourth-order valence-electron chi connectivity index (χ4n) is 4.68. The lowest BCUT2D eigenvalue weighted by atomic mass is 9.93. The molecule has 1 aromatic carbocycles. The Morgan fingerprint density at radius 3 is 2.32 bits per heavy atom. The van der Waals surface area contributed by atoms with Gasteiger partial charge in [0.2, 0.25) is 0 Å². The van der Waals surface area contributed by atoms with Gasteiger partial charge in [0.1, 0.15) is 11.5 Å². The Kier molecular flexibility index (Phi) is 9.28. The molecule has 7 nitrogen and oxygen atoms in total. The molecule has 3 rings (SSSR count). The number of rotatable bonds is 9. The minimum Gasteiger partial charge on any atom is -0.497 e. The summed E-state index contributed by atoms with van der Waals surface area (Å²) < 4.78 is 10.8. The van der Waals surface area contributed by atoms with E-state index in [1.54, 1.807) is 14.2 Å². The second-order valence-corrected chi connectivity index (χ2v) is 8.75. The quantitative estimate of drug-likeness (QED) is 0.463. The van der Waals surface area contributed by atoms with Crippen molar-refractivity contribution in [1.29, 1.82) is 0 Å². The van der Waals surface area contributed by atoms with Crippen LogP contribution in [0.4, 0.5) is 0 Å². The molecule has 2 saturated heterocycles. The minimum absolute atomic E-state index is 0.423. The number of methoxy groups -OCH3 is 2. The molecule has 0 saturated carbocycles. The van der Waals surface area contributed by atoms with Crippen LogP contribution in [0.3, 0.4) is 0 Å². The zero-order chi connectivity index (χ0) is 22.1. The maximum absolute atomic E-state index is 5.41. The van der Waals surface area contributed by atoms with E-state index >= 15 is 0 Å². The largest absolute Gasteiger partial charge is 0.497 e. The number of nitrogens with zero attached hydrogens (tertiary/aromatic N) is 3. The summed E-state index contributed by atoms with van der Waals surface area (Å²) in [4.78, 5) is 9.47. The molecule has 0 radical (unpaired) electrons. The predicted octanol–water partition coefficient (Wildman–Crippen LogP) is 2.57. The average Bonchev–Trinajstić information content (AvgIpc) is 3.25. The summed E-state index contributed by atoms with van der Waals surface area (Å²) in [6, 6.07) is 6.52. The Balaban J connectivity index is 1.39. The Bertz CT molecular complexity index is 681. The zero-order valence-electron chi connectivity index (χ0n) is 19.8. The standard InChI is InChI=1S/C24H41N5O2/c1-5-28-11-7-19(8-12-28)6-10-26-24(25-2)27-21-9-13-29(18-21)17-20-14-22(30-3)16-23(15-20)31-4/h14-16,19,21H,5-13,17-18H2,1-4H3,(H2,25,26,27). The second-order valence-electron chi connectivity index (χ2n) is 8.75. The van der Waals surface area contributed by atoms with Crippen LogP contribution in [-0.2, 0) is 6.54 Å². The number of hydrogen-bond donors (Lipinski definition) is 2. The van der Waals surface area contributed by atoms with E-state index in [4.69, 9.17) is 9.47 Å². The van der Waals surface area contributed by atoms with Crippen molar-refractivity contribution >= 4 is 5.96 Å². The van der Waals surface area contributed by atoms with Gasteiger partial charge in [-0.1, -0.05) is 6.92 Å². The van der Waals surface area contributed by atoms with Gasteiger partial charge < -0.3 is 25.0 Å². The molecule has 1 aromatic rings. The summed E-state index contributed by atoms with van der Waals surface area (Å²) in [7, 11) is 5.26. The maximum atomic E-state index is 5.41. The molecule has 31 heavy (non-hydrogen) atoms. The van der Waals surface area contributed by atoms with Gasteiger partial charge >= 0.3 is 0 Å². The van der Waals surface area contributed by atoms with Gasteiger partial charge in [0.05, 0.1) is 14.2 Å². The first kappa shape index (κ1) is 23.7. The van der Waals surface area contributed by atoms with Crippen LogP contribution in [0.2, 0.25) is 0 Å². The van der Waals surface area contributed by atoms with Gasteiger partial charge in [-0.2, -0.15) is 0 Å². The van der Waals surface area contributed by atoms with Crippen LogP contribution < -0.4 is 20.1 Å². The van der Waals surface area contributed by atoms with E-state index in [0.717, 1.165) is 56.0 Å². The SMILES string of the molecule is CCN1CCC(CCNC(=NC)NC2CCN(Cc3cc(OC)cc(OC)c3)C2)CC1. The first-order valence-electron chi connectivity index (χ1n) is 11.8. The van der Waals surface area contributed by atoms with E-state index in [0.29, 0.717) is 6.04 Å². The van der Waals surface area contributed by atoms with E-state index in [2.05, 4.69) is 44.5 Å². The Hall–Kier alpha value is -1.99. The highest BCUT2D eigenvalue weighted by Gasteiger charge is 2.24. The summed E-state index contributed by atoms with van der Waals surface area (Å²) in [5, 5.41) is 7.16. The van der Waals surface area contributed by atoms with Crippen LogP contribution in [0.5, 0.6) is 11.5 Å². The van der Waals surface area contributed by atoms with Crippen molar-refractivity contribution in [3.63, 3.8) is 0 Å². The number of piperidine rings is 1. The van der Waals surface area contributed by atoms with E-state index in [9.17, 15) is 0 Å². The normalized spacial score (nSPS) is 21.3. The monoisotopic (exact) mass is 431 g/mol. The molecule has 0 spiro atoms. The van der Waals surface area contributed by atoms with Gasteiger partial charge in [-0.05, 0) is 68.9 Å². The van der Waals surface area contributed by atoms with Crippen molar-refractivity contribution in [2.45, 2.75) is 45.2 Å². The van der Waals surface area contributed by atoms with Gasteiger partial charge in [0.25, 0.3) is 0 Å². The molecule has 0 aliphatic carbocycles. The number of benzene rings is 1. The topological polar surface area (TPSA) is 61.4 Å². The molecule has 1 unspecified atom stereocenters. The number of guanidine groups is 1. The van der Waals surface area contributed by atoms with Crippen molar-refractivity contribution in [3.05, 3.63) is 23.8 Å². The second kappa shape index (κ2) is 12.2. The molecular formula is C24H41N5O2. The smallest absolute Gasteiger partial charge is 0.191 e. The lowest BCUT2D eigenvalue weighted by Gasteiger charge is -2.31. The number of ether oxygens (including phenoxy) is 2. The fraction of sp³-hybridized carbons (Fsp3) is 0.708. The molecule has 0 aromatic heterocycles. The Morgan fingerprint density at radius 2 is 1.71 bits per heavy atom. The molecule has 2 aliphatic heterocycles. The summed E-state index contributed by atoms with van der Waals surface area (Å²) in [5.74, 6) is 3.46. The third-order valence-electron chi connectivity index (χ3n) is 6.65. The molecule has 2 heterocycles. The van der Waals surface area contributed by atoms with Gasteiger partial charge in [-0.15, -0.1) is 0 Å². The predicted molar refractivity (Wildman–Crippen MR) is 127 cm³/mol. The average molecular weight is 432 g/mol. The van der Waals surface area contributed by atoms with Gasteiger partial charge in [0.15, 0.2) is 5.96 Å². The van der Waals surface area contributed by atoms with Crippen molar-refractivity contribution in [2.24, 2.45) is 10.9 Å². The highest BCUT2D eigenvalue weighted by Crippen LogP contribution is 2.24. The van der Waals surface area contributed by atoms with Crippen LogP contribution in [0.1, 0.15) is 38.2 Å². The van der Waals surface area contributed by atoms with Crippen molar-refractivity contribution in [1.82, 2.24) is 20.4 Å². The Labute approximate surface area is 188 Å². The summed E-state index contributed by atoms with van der Waals surface area (Å²) in [6.45, 7) is 9.93. The minimum atomic E-state index is 0.423. The highest BCUT2D eigenvalue weighted by atomic mass is 16.5. The summed E-state index contributed by atoms with van der Waals surface area (Å²) in [5.41, 5.74) is 1.22. The Morgan fingerprint density at radius 1 is 1.03 bits per heavy atom. The van der Waals surface area contributed by atoms with Crippen LogP contribution in [0.25, 0.3) is 0 Å². The number of nitrogens with one attached hydrogen (secondary N) is 2. The molecule has 2 fully saturated rings. The first-order chi connectivity index (χ1) is 15.1. The van der Waals surface area contributed by atoms with Crippen LogP contribution in [0.15, 0.2) is 23.2 Å².